The molecule has 1 unspecified atom stereocenters. The monoisotopic (exact) mass is 374 g/mol. The Morgan fingerprint density at radius 1 is 1.26 bits per heavy atom. The Kier molecular flexibility index (Phi) is 4.35. The molecule has 0 amide bonds. The lowest BCUT2D eigenvalue weighted by molar-refractivity contribution is 0.657. The van der Waals surface area contributed by atoms with Gasteiger partial charge in [-0.05, 0) is 18.9 Å². The van der Waals surface area contributed by atoms with Crippen molar-refractivity contribution < 1.29 is 0 Å². The highest BCUT2D eigenvalue weighted by Gasteiger charge is 2.20. The first-order valence-electron chi connectivity index (χ1n) is 7.65. The lowest BCUT2D eigenvalue weighted by Crippen LogP contribution is -2.27. The average Bonchev–Trinajstić information content (AvgIpc) is 2.84. The molecule has 0 aliphatic rings. The molecule has 0 saturated heterocycles. The van der Waals surface area contributed by atoms with Gasteiger partial charge in [-0.15, -0.1) is 0 Å². The van der Waals surface area contributed by atoms with Crippen LogP contribution in [0.3, 0.4) is 0 Å². The van der Waals surface area contributed by atoms with Crippen LogP contribution in [-0.4, -0.2) is 19.3 Å². The van der Waals surface area contributed by atoms with Gasteiger partial charge in [0.2, 0.25) is 0 Å². The Morgan fingerprint density at radius 3 is 2.61 bits per heavy atom. The molecular formula is C17H19BrN4O. The number of halogens is 1. The van der Waals surface area contributed by atoms with Gasteiger partial charge in [-0.2, -0.15) is 5.10 Å². The summed E-state index contributed by atoms with van der Waals surface area (Å²) in [6.07, 6.45) is 0.851. The summed E-state index contributed by atoms with van der Waals surface area (Å²) in [7, 11) is 1.82. The Labute approximate surface area is 143 Å². The predicted molar refractivity (Wildman–Crippen MR) is 95.0 cm³/mol. The van der Waals surface area contributed by atoms with Gasteiger partial charge in [0.25, 0.3) is 5.56 Å². The van der Waals surface area contributed by atoms with E-state index in [1.807, 2.05) is 44.3 Å². The van der Waals surface area contributed by atoms with Crippen molar-refractivity contribution >= 4 is 27.0 Å². The van der Waals surface area contributed by atoms with Crippen LogP contribution >= 0.6 is 15.9 Å². The second-order valence-electron chi connectivity index (χ2n) is 5.63. The van der Waals surface area contributed by atoms with Crippen LogP contribution < -0.4 is 5.56 Å². The molecule has 1 aromatic carbocycles. The van der Waals surface area contributed by atoms with E-state index in [2.05, 4.69) is 28.0 Å². The van der Waals surface area contributed by atoms with Crippen molar-refractivity contribution in [2.24, 2.45) is 7.05 Å². The van der Waals surface area contributed by atoms with E-state index >= 15 is 0 Å². The average molecular weight is 375 g/mol. The number of nitrogens with zero attached hydrogens (tertiary/aromatic N) is 4. The van der Waals surface area contributed by atoms with Gasteiger partial charge in [-0.25, -0.2) is 9.67 Å². The van der Waals surface area contributed by atoms with Gasteiger partial charge in [0, 0.05) is 7.05 Å². The molecule has 0 aliphatic heterocycles. The normalized spacial score (nSPS) is 12.7. The molecule has 0 N–H and O–H groups in total. The zero-order valence-corrected chi connectivity index (χ0v) is 15.0. The number of hydrogen-bond acceptors (Lipinski definition) is 3. The maximum absolute atomic E-state index is 13.1. The first-order chi connectivity index (χ1) is 11.0. The molecule has 1 atom stereocenters. The maximum atomic E-state index is 13.1. The van der Waals surface area contributed by atoms with E-state index in [-0.39, 0.29) is 10.4 Å². The van der Waals surface area contributed by atoms with E-state index in [1.54, 1.807) is 9.25 Å². The number of aryl methyl sites for hydroxylation is 2. The van der Waals surface area contributed by atoms with E-state index in [0.717, 1.165) is 23.5 Å². The highest BCUT2D eigenvalue weighted by molar-refractivity contribution is 9.09. The zero-order valence-electron chi connectivity index (χ0n) is 13.5. The largest absolute Gasteiger partial charge is 0.291 e. The van der Waals surface area contributed by atoms with E-state index in [9.17, 15) is 4.79 Å². The molecule has 3 aromatic rings. The third kappa shape index (κ3) is 2.83. The van der Waals surface area contributed by atoms with Crippen LogP contribution in [0.1, 0.15) is 35.3 Å². The van der Waals surface area contributed by atoms with Crippen molar-refractivity contribution in [1.29, 1.82) is 0 Å². The van der Waals surface area contributed by atoms with E-state index in [0.29, 0.717) is 17.6 Å². The molecule has 6 heteroatoms. The topological polar surface area (TPSA) is 52.7 Å². The summed E-state index contributed by atoms with van der Waals surface area (Å²) in [5.41, 5.74) is 2.41. The smallest absolute Gasteiger partial charge is 0.265 e. The number of alkyl halides is 1. The highest BCUT2D eigenvalue weighted by Crippen LogP contribution is 2.26. The van der Waals surface area contributed by atoms with E-state index in [4.69, 9.17) is 4.98 Å². The van der Waals surface area contributed by atoms with Crippen LogP contribution in [0, 0.1) is 6.92 Å². The Bertz CT molecular complexity index is 898. The fourth-order valence-corrected chi connectivity index (χ4v) is 3.12. The third-order valence-electron chi connectivity index (χ3n) is 3.97. The standard InChI is InChI=1S/C17H19BrN4O/c1-4-13(18)15-19-16-14(11(2)20-21(16)3)17(23)22(15)10-12-8-6-5-7-9-12/h5-9,13H,4,10H2,1-3H3. The summed E-state index contributed by atoms with van der Waals surface area (Å²) in [5.74, 6) is 0.747. The number of benzene rings is 1. The van der Waals surface area contributed by atoms with Crippen molar-refractivity contribution in [3.8, 4) is 0 Å². The molecule has 0 bridgehead atoms. The minimum Gasteiger partial charge on any atom is -0.291 e. The van der Waals surface area contributed by atoms with Crippen molar-refractivity contribution in [2.45, 2.75) is 31.6 Å². The van der Waals surface area contributed by atoms with Gasteiger partial charge < -0.3 is 0 Å². The molecule has 0 saturated carbocycles. The summed E-state index contributed by atoms with van der Waals surface area (Å²) in [4.78, 5) is 17.8. The molecule has 5 nitrogen and oxygen atoms in total. The Morgan fingerprint density at radius 2 is 1.96 bits per heavy atom. The predicted octanol–water partition coefficient (Wildman–Crippen LogP) is 3.33. The van der Waals surface area contributed by atoms with Crippen molar-refractivity contribution in [1.82, 2.24) is 19.3 Å². The molecule has 120 valence electrons. The Hall–Kier alpha value is -1.95. The summed E-state index contributed by atoms with van der Waals surface area (Å²) in [6.45, 7) is 4.43. The van der Waals surface area contributed by atoms with E-state index in [1.165, 1.54) is 0 Å². The lowest BCUT2D eigenvalue weighted by Gasteiger charge is -2.16. The van der Waals surface area contributed by atoms with Gasteiger partial charge >= 0.3 is 0 Å². The zero-order chi connectivity index (χ0) is 16.6. The molecule has 2 heterocycles. The number of hydrogen-bond donors (Lipinski definition) is 0. The second kappa shape index (κ2) is 6.28. The van der Waals surface area contributed by atoms with Crippen molar-refractivity contribution in [2.75, 3.05) is 0 Å². The SMILES string of the molecule is CCC(Br)c1nc2c(c(C)nn2C)c(=O)n1Cc1ccccc1. The number of rotatable bonds is 4. The van der Waals surface area contributed by atoms with Crippen LogP contribution in [0.2, 0.25) is 0 Å². The molecule has 0 fully saturated rings. The fourth-order valence-electron chi connectivity index (χ4n) is 2.77. The van der Waals surface area contributed by atoms with Crippen LogP contribution in [0.15, 0.2) is 35.1 Å². The molecule has 2 aromatic heterocycles. The second-order valence-corrected chi connectivity index (χ2v) is 6.74. The molecular weight excluding hydrogens is 356 g/mol. The highest BCUT2D eigenvalue weighted by atomic mass is 79.9. The molecule has 0 radical (unpaired) electrons. The fraction of sp³-hybridized carbons (Fsp3) is 0.353. The van der Waals surface area contributed by atoms with Crippen molar-refractivity contribution in [3.63, 3.8) is 0 Å². The summed E-state index contributed by atoms with van der Waals surface area (Å²) < 4.78 is 3.44. The van der Waals surface area contributed by atoms with Crippen molar-refractivity contribution in [3.05, 3.63) is 57.8 Å². The molecule has 0 aliphatic carbocycles. The summed E-state index contributed by atoms with van der Waals surface area (Å²) in [5, 5.41) is 4.95. The molecule has 23 heavy (non-hydrogen) atoms. The summed E-state index contributed by atoms with van der Waals surface area (Å²) >= 11 is 3.65. The minimum absolute atomic E-state index is 0.0264. The van der Waals surface area contributed by atoms with Crippen LogP contribution in [0.4, 0.5) is 0 Å². The van der Waals surface area contributed by atoms with Crippen LogP contribution in [0.25, 0.3) is 11.0 Å². The van der Waals surface area contributed by atoms with Crippen LogP contribution in [-0.2, 0) is 13.6 Å². The Balaban J connectivity index is 2.27. The maximum Gasteiger partial charge on any atom is 0.265 e. The molecule has 0 spiro atoms. The summed E-state index contributed by atoms with van der Waals surface area (Å²) in [6, 6.07) is 9.97. The first kappa shape index (κ1) is 15.9. The number of aromatic nitrogens is 4. The van der Waals surface area contributed by atoms with Gasteiger partial charge in [0.1, 0.15) is 11.2 Å². The number of fused-ring (bicyclic) bond motifs is 1. The van der Waals surface area contributed by atoms with Gasteiger partial charge in [-0.1, -0.05) is 53.2 Å². The van der Waals surface area contributed by atoms with E-state index < -0.39 is 0 Å². The van der Waals surface area contributed by atoms with Gasteiger partial charge in [-0.3, -0.25) is 9.36 Å². The lowest BCUT2D eigenvalue weighted by atomic mass is 10.2. The third-order valence-corrected chi connectivity index (χ3v) is 5.03. The van der Waals surface area contributed by atoms with Gasteiger partial charge in [0.05, 0.1) is 17.1 Å². The molecule has 3 rings (SSSR count). The first-order valence-corrected chi connectivity index (χ1v) is 8.56. The quantitative estimate of drug-likeness (QED) is 0.658. The minimum atomic E-state index is -0.0302. The van der Waals surface area contributed by atoms with Crippen LogP contribution in [0.5, 0.6) is 0 Å². The van der Waals surface area contributed by atoms with Gasteiger partial charge in [0.15, 0.2) is 5.65 Å².